The fourth-order valence-corrected chi connectivity index (χ4v) is 2.14. The van der Waals surface area contributed by atoms with E-state index in [0.717, 1.165) is 23.4 Å². The highest BCUT2D eigenvalue weighted by Gasteiger charge is 2.05. The average molecular weight is 270 g/mol. The summed E-state index contributed by atoms with van der Waals surface area (Å²) in [6, 6.07) is 12.4. The van der Waals surface area contributed by atoms with Crippen molar-refractivity contribution in [1.82, 2.24) is 0 Å². The molecule has 2 aromatic rings. The summed E-state index contributed by atoms with van der Waals surface area (Å²) < 4.78 is 0. The van der Waals surface area contributed by atoms with E-state index in [0.29, 0.717) is 5.75 Å². The number of hydrogen-bond donors (Lipinski definition) is 2. The topological polar surface area (TPSA) is 35.5 Å². The second kappa shape index (κ2) is 5.87. The Morgan fingerprint density at radius 1 is 1.00 bits per heavy atom. The summed E-state index contributed by atoms with van der Waals surface area (Å²) in [6.45, 7) is 4.59. The van der Waals surface area contributed by atoms with Crippen molar-refractivity contribution in [3.63, 3.8) is 0 Å². The van der Waals surface area contributed by atoms with Crippen molar-refractivity contribution in [3.05, 3.63) is 53.1 Å². The van der Waals surface area contributed by atoms with Gasteiger partial charge in [0.15, 0.2) is 0 Å². The van der Waals surface area contributed by atoms with Gasteiger partial charge in [0.05, 0.1) is 0 Å². The van der Waals surface area contributed by atoms with E-state index in [1.54, 1.807) is 0 Å². The van der Waals surface area contributed by atoms with Gasteiger partial charge in [0.25, 0.3) is 0 Å². The molecule has 0 aromatic heterocycles. The Hall–Kier alpha value is -2.16. The number of benzene rings is 2. The predicted molar refractivity (Wildman–Crippen MR) is 85.7 cm³/mol. The molecular formula is C17H22N2O. The maximum Gasteiger partial charge on any atom is 0.123 e. The first-order valence-electron chi connectivity index (χ1n) is 6.78. The van der Waals surface area contributed by atoms with Gasteiger partial charge in [-0.15, -0.1) is 0 Å². The van der Waals surface area contributed by atoms with Gasteiger partial charge in [0.1, 0.15) is 5.75 Å². The number of phenols is 1. The van der Waals surface area contributed by atoms with Crippen molar-refractivity contribution in [2.45, 2.75) is 20.4 Å². The van der Waals surface area contributed by atoms with E-state index < -0.39 is 0 Å². The fraction of sp³-hybridized carbons (Fsp3) is 0.294. The molecule has 0 saturated carbocycles. The van der Waals surface area contributed by atoms with Crippen molar-refractivity contribution in [3.8, 4) is 5.75 Å². The van der Waals surface area contributed by atoms with Crippen LogP contribution in [0.25, 0.3) is 0 Å². The van der Waals surface area contributed by atoms with Crippen molar-refractivity contribution >= 4 is 11.4 Å². The number of nitrogens with one attached hydrogen (secondary N) is 1. The third-order valence-electron chi connectivity index (χ3n) is 3.57. The summed E-state index contributed by atoms with van der Waals surface area (Å²) in [4.78, 5) is 2.08. The largest absolute Gasteiger partial charge is 0.507 e. The molecule has 0 heterocycles. The number of rotatable bonds is 4. The van der Waals surface area contributed by atoms with Crippen LogP contribution < -0.4 is 10.2 Å². The highest BCUT2D eigenvalue weighted by Crippen LogP contribution is 2.28. The number of phenolic OH excluding ortho intramolecular Hbond substituents is 1. The van der Waals surface area contributed by atoms with Crippen LogP contribution in [0.2, 0.25) is 0 Å². The van der Waals surface area contributed by atoms with Gasteiger partial charge >= 0.3 is 0 Å². The second-order valence-corrected chi connectivity index (χ2v) is 5.32. The Bertz CT molecular complexity index is 589. The number of aromatic hydroxyl groups is 1. The molecule has 2 N–H and O–H groups in total. The predicted octanol–water partition coefficient (Wildman–Crippen LogP) is 3.69. The maximum absolute atomic E-state index is 9.94. The highest BCUT2D eigenvalue weighted by molar-refractivity contribution is 5.59. The molecule has 0 amide bonds. The molecular weight excluding hydrogens is 248 g/mol. The normalized spacial score (nSPS) is 10.4. The van der Waals surface area contributed by atoms with E-state index in [-0.39, 0.29) is 0 Å². The van der Waals surface area contributed by atoms with Crippen LogP contribution in [0.15, 0.2) is 36.4 Å². The third-order valence-corrected chi connectivity index (χ3v) is 3.57. The molecule has 0 atom stereocenters. The molecule has 0 radical (unpaired) electrons. The molecule has 0 aliphatic rings. The Labute approximate surface area is 120 Å². The van der Waals surface area contributed by atoms with Gasteiger partial charge in [0.2, 0.25) is 0 Å². The lowest BCUT2D eigenvalue weighted by Crippen LogP contribution is -2.08. The van der Waals surface area contributed by atoms with Gasteiger partial charge < -0.3 is 15.3 Å². The van der Waals surface area contributed by atoms with Crippen LogP contribution in [-0.2, 0) is 6.54 Å². The Morgan fingerprint density at radius 3 is 2.25 bits per heavy atom. The smallest absolute Gasteiger partial charge is 0.123 e. The summed E-state index contributed by atoms with van der Waals surface area (Å²) in [7, 11) is 4.07. The second-order valence-electron chi connectivity index (χ2n) is 5.32. The first-order chi connectivity index (χ1) is 9.49. The SMILES string of the molecule is Cc1ccc(NCc2ccc(N(C)C)cc2)c(C)c1O. The molecule has 106 valence electrons. The minimum absolute atomic E-state index is 0.373. The third kappa shape index (κ3) is 3.05. The number of nitrogens with zero attached hydrogens (tertiary/aromatic N) is 1. The quantitative estimate of drug-likeness (QED) is 0.889. The molecule has 2 aromatic carbocycles. The van der Waals surface area contributed by atoms with Crippen LogP contribution in [0.3, 0.4) is 0 Å². The van der Waals surface area contributed by atoms with E-state index in [1.165, 1.54) is 11.3 Å². The zero-order valence-corrected chi connectivity index (χ0v) is 12.6. The Kier molecular flexibility index (Phi) is 4.18. The molecule has 3 nitrogen and oxygen atoms in total. The summed E-state index contributed by atoms with van der Waals surface area (Å²) in [5.41, 5.74) is 5.19. The minimum Gasteiger partial charge on any atom is -0.507 e. The molecule has 3 heteroatoms. The van der Waals surface area contributed by atoms with Crippen LogP contribution in [0, 0.1) is 13.8 Å². The van der Waals surface area contributed by atoms with Crippen LogP contribution in [0.5, 0.6) is 5.75 Å². The molecule has 0 bridgehead atoms. The molecule has 0 spiro atoms. The summed E-state index contributed by atoms with van der Waals surface area (Å²) >= 11 is 0. The number of anilines is 2. The zero-order chi connectivity index (χ0) is 14.7. The van der Waals surface area contributed by atoms with Gasteiger partial charge in [0, 0.05) is 37.6 Å². The Balaban J connectivity index is 2.07. The lowest BCUT2D eigenvalue weighted by atomic mass is 10.1. The molecule has 0 unspecified atom stereocenters. The molecule has 0 fully saturated rings. The van der Waals surface area contributed by atoms with E-state index in [1.807, 2.05) is 40.1 Å². The maximum atomic E-state index is 9.94. The van der Waals surface area contributed by atoms with Crippen molar-refractivity contribution in [1.29, 1.82) is 0 Å². The summed E-state index contributed by atoms with van der Waals surface area (Å²) in [5, 5.41) is 13.3. The van der Waals surface area contributed by atoms with Crippen LogP contribution >= 0.6 is 0 Å². The van der Waals surface area contributed by atoms with Crippen molar-refractivity contribution in [2.75, 3.05) is 24.3 Å². The first kappa shape index (κ1) is 14.3. The average Bonchev–Trinajstić information content (AvgIpc) is 2.44. The molecule has 2 rings (SSSR count). The van der Waals surface area contributed by atoms with Gasteiger partial charge in [-0.2, -0.15) is 0 Å². The van der Waals surface area contributed by atoms with E-state index in [2.05, 4.69) is 34.5 Å². The van der Waals surface area contributed by atoms with Crippen molar-refractivity contribution < 1.29 is 5.11 Å². The van der Waals surface area contributed by atoms with Crippen molar-refractivity contribution in [2.24, 2.45) is 0 Å². The van der Waals surface area contributed by atoms with Crippen LogP contribution in [-0.4, -0.2) is 19.2 Å². The fourth-order valence-electron chi connectivity index (χ4n) is 2.14. The first-order valence-corrected chi connectivity index (χ1v) is 6.78. The van der Waals surface area contributed by atoms with Gasteiger partial charge in [-0.3, -0.25) is 0 Å². The van der Waals surface area contributed by atoms with Gasteiger partial charge in [-0.05, 0) is 43.2 Å². The lowest BCUT2D eigenvalue weighted by Gasteiger charge is -2.14. The summed E-state index contributed by atoms with van der Waals surface area (Å²) in [6.07, 6.45) is 0. The van der Waals surface area contributed by atoms with E-state index in [9.17, 15) is 5.11 Å². The monoisotopic (exact) mass is 270 g/mol. The standard InChI is InChI=1S/C17H22N2O/c1-12-5-10-16(13(2)17(12)20)18-11-14-6-8-15(9-7-14)19(3)4/h5-10,18,20H,11H2,1-4H3. The minimum atomic E-state index is 0.373. The number of aryl methyl sites for hydroxylation is 1. The zero-order valence-electron chi connectivity index (χ0n) is 12.6. The lowest BCUT2D eigenvalue weighted by molar-refractivity contribution is 0.467. The molecule has 0 aliphatic carbocycles. The van der Waals surface area contributed by atoms with E-state index >= 15 is 0 Å². The Morgan fingerprint density at radius 2 is 1.65 bits per heavy atom. The van der Waals surface area contributed by atoms with E-state index in [4.69, 9.17) is 0 Å². The summed E-state index contributed by atoms with van der Waals surface area (Å²) in [5.74, 6) is 0.373. The molecule has 20 heavy (non-hydrogen) atoms. The van der Waals surface area contributed by atoms with Crippen LogP contribution in [0.4, 0.5) is 11.4 Å². The van der Waals surface area contributed by atoms with Crippen LogP contribution in [0.1, 0.15) is 16.7 Å². The molecule has 0 saturated heterocycles. The molecule has 0 aliphatic heterocycles. The van der Waals surface area contributed by atoms with Gasteiger partial charge in [-0.25, -0.2) is 0 Å². The number of hydrogen-bond acceptors (Lipinski definition) is 3. The highest BCUT2D eigenvalue weighted by atomic mass is 16.3. The van der Waals surface area contributed by atoms with Gasteiger partial charge in [-0.1, -0.05) is 18.2 Å².